The lowest BCUT2D eigenvalue weighted by Crippen LogP contribution is -2.65. The average Bonchev–Trinajstić information content (AvgIpc) is 3.07. The molecule has 3 aliphatic rings. The highest BCUT2D eigenvalue weighted by Gasteiger charge is 2.52. The first-order valence-corrected chi connectivity index (χ1v) is 9.26. The Hall–Kier alpha value is -1.43. The van der Waals surface area contributed by atoms with Gasteiger partial charge in [0.05, 0.1) is 38.0 Å². The van der Waals surface area contributed by atoms with Crippen LogP contribution in [0, 0.1) is 0 Å². The van der Waals surface area contributed by atoms with E-state index in [0.717, 1.165) is 5.56 Å². The summed E-state index contributed by atoms with van der Waals surface area (Å²) in [6, 6.07) is 5.00. The first-order valence-electron chi connectivity index (χ1n) is 9.26. The third kappa shape index (κ3) is 4.42. The van der Waals surface area contributed by atoms with Gasteiger partial charge in [-0.05, 0) is 17.7 Å². The zero-order valence-corrected chi connectivity index (χ0v) is 15.1. The highest BCUT2D eigenvalue weighted by atomic mass is 19.4. The van der Waals surface area contributed by atoms with E-state index in [9.17, 15) is 18.3 Å². The summed E-state index contributed by atoms with van der Waals surface area (Å²) < 4.78 is 57.7. The molecule has 0 spiro atoms. The molecule has 4 rings (SSSR count). The molecule has 1 aromatic rings. The number of alkyl halides is 3. The van der Waals surface area contributed by atoms with E-state index >= 15 is 0 Å². The number of rotatable bonds is 5. The molecule has 0 unspecified atom stereocenters. The number of morpholine rings is 1. The van der Waals surface area contributed by atoms with E-state index in [0.29, 0.717) is 39.5 Å². The van der Waals surface area contributed by atoms with E-state index in [1.54, 1.807) is 12.1 Å². The molecule has 0 amide bonds. The van der Waals surface area contributed by atoms with Crippen molar-refractivity contribution in [2.24, 2.45) is 0 Å². The highest BCUT2D eigenvalue weighted by Crippen LogP contribution is 2.32. The van der Waals surface area contributed by atoms with E-state index in [-0.39, 0.29) is 23.9 Å². The molecule has 0 saturated carbocycles. The van der Waals surface area contributed by atoms with Crippen molar-refractivity contribution in [2.45, 2.75) is 43.5 Å². The number of ether oxygens (including phenoxy) is 4. The topological polar surface area (TPSA) is 72.4 Å². The van der Waals surface area contributed by atoms with Gasteiger partial charge >= 0.3 is 6.36 Å². The fourth-order valence-corrected chi connectivity index (χ4v) is 3.96. The Kier molecular flexibility index (Phi) is 5.77. The minimum absolute atomic E-state index is 0.267. The molecule has 2 N–H and O–H groups in total. The summed E-state index contributed by atoms with van der Waals surface area (Å²) in [6.45, 7) is 3.35. The average molecular weight is 404 g/mol. The summed E-state index contributed by atoms with van der Waals surface area (Å²) in [4.78, 5) is 2.12. The van der Waals surface area contributed by atoms with Gasteiger partial charge < -0.3 is 29.4 Å². The van der Waals surface area contributed by atoms with Crippen molar-refractivity contribution in [2.75, 3.05) is 32.9 Å². The number of aliphatic hydroxyl groups excluding tert-OH is 1. The van der Waals surface area contributed by atoms with Crippen LogP contribution < -0.4 is 10.1 Å². The number of hydrogen-bond acceptors (Lipinski definition) is 7. The number of fused-ring (bicyclic) bond motifs is 2. The van der Waals surface area contributed by atoms with Crippen LogP contribution in [0.4, 0.5) is 13.2 Å². The van der Waals surface area contributed by atoms with Gasteiger partial charge in [-0.25, -0.2) is 0 Å². The van der Waals surface area contributed by atoms with Gasteiger partial charge in [-0.3, -0.25) is 4.90 Å². The van der Waals surface area contributed by atoms with E-state index in [4.69, 9.17) is 14.2 Å². The molecule has 28 heavy (non-hydrogen) atoms. The Labute approximate surface area is 160 Å². The van der Waals surface area contributed by atoms with Gasteiger partial charge in [0.1, 0.15) is 11.9 Å². The fraction of sp³-hybridized carbons (Fsp3) is 0.667. The molecule has 10 heteroatoms. The zero-order valence-electron chi connectivity index (χ0n) is 15.1. The lowest BCUT2D eigenvalue weighted by atomic mass is 9.94. The largest absolute Gasteiger partial charge is 0.573 e. The first kappa shape index (κ1) is 19.9. The summed E-state index contributed by atoms with van der Waals surface area (Å²) >= 11 is 0. The summed E-state index contributed by atoms with van der Waals surface area (Å²) in [5.74, 6) is -0.267. The summed E-state index contributed by atoms with van der Waals surface area (Å²) in [5.41, 5.74) is 0.769. The molecule has 2 bridgehead atoms. The van der Waals surface area contributed by atoms with Gasteiger partial charge in [0.2, 0.25) is 0 Å². The quantitative estimate of drug-likeness (QED) is 0.754. The third-order valence-corrected chi connectivity index (χ3v) is 5.30. The Morgan fingerprint density at radius 2 is 1.89 bits per heavy atom. The normalized spacial score (nSPS) is 33.8. The molecule has 3 aliphatic heterocycles. The molecule has 3 heterocycles. The monoisotopic (exact) mass is 404 g/mol. The predicted molar refractivity (Wildman–Crippen MR) is 90.6 cm³/mol. The smallest absolute Gasteiger partial charge is 0.406 e. The third-order valence-electron chi connectivity index (χ3n) is 5.30. The second-order valence-electron chi connectivity index (χ2n) is 7.10. The Morgan fingerprint density at radius 1 is 1.18 bits per heavy atom. The van der Waals surface area contributed by atoms with Crippen molar-refractivity contribution >= 4 is 0 Å². The lowest BCUT2D eigenvalue weighted by Gasteiger charge is -2.45. The molecule has 1 aromatic carbocycles. The molecule has 3 fully saturated rings. The van der Waals surface area contributed by atoms with Crippen LogP contribution in [0.25, 0.3) is 0 Å². The molecular weight excluding hydrogens is 381 g/mol. The molecule has 7 nitrogen and oxygen atoms in total. The van der Waals surface area contributed by atoms with Crippen LogP contribution in [0.3, 0.4) is 0 Å². The Balaban J connectivity index is 1.38. The van der Waals surface area contributed by atoms with Gasteiger partial charge in [0.15, 0.2) is 6.29 Å². The summed E-state index contributed by atoms with van der Waals surface area (Å²) in [6.07, 6.45) is -6.14. The van der Waals surface area contributed by atoms with Crippen LogP contribution in [0.2, 0.25) is 0 Å². The van der Waals surface area contributed by atoms with Crippen molar-refractivity contribution < 1.29 is 37.2 Å². The number of hydrogen-bond donors (Lipinski definition) is 2. The van der Waals surface area contributed by atoms with Crippen molar-refractivity contribution in [3.8, 4) is 5.75 Å². The molecule has 0 radical (unpaired) electrons. The van der Waals surface area contributed by atoms with Gasteiger partial charge in [0, 0.05) is 19.6 Å². The molecule has 3 saturated heterocycles. The number of aliphatic hydroxyl groups is 1. The second-order valence-corrected chi connectivity index (χ2v) is 7.10. The van der Waals surface area contributed by atoms with Gasteiger partial charge in [-0.2, -0.15) is 0 Å². The number of halogens is 3. The zero-order chi connectivity index (χ0) is 19.7. The van der Waals surface area contributed by atoms with Crippen LogP contribution in [-0.4, -0.2) is 79.9 Å². The van der Waals surface area contributed by atoms with Crippen LogP contribution >= 0.6 is 0 Å². The minimum atomic E-state index is -4.71. The molecular formula is C18H23F3N2O5. The first-order chi connectivity index (χ1) is 13.4. The second kappa shape index (κ2) is 8.13. The van der Waals surface area contributed by atoms with E-state index < -0.39 is 18.8 Å². The minimum Gasteiger partial charge on any atom is -0.406 e. The van der Waals surface area contributed by atoms with Crippen LogP contribution in [-0.2, 0) is 20.8 Å². The maximum atomic E-state index is 12.3. The van der Waals surface area contributed by atoms with Crippen LogP contribution in [0.15, 0.2) is 24.3 Å². The Bertz CT molecular complexity index is 654. The van der Waals surface area contributed by atoms with E-state index in [2.05, 4.69) is 15.0 Å². The molecule has 0 aliphatic carbocycles. The van der Waals surface area contributed by atoms with Gasteiger partial charge in [-0.15, -0.1) is 13.2 Å². The maximum absolute atomic E-state index is 12.3. The van der Waals surface area contributed by atoms with Crippen LogP contribution in [0.1, 0.15) is 5.56 Å². The number of nitrogens with one attached hydrogen (secondary N) is 1. The van der Waals surface area contributed by atoms with Crippen LogP contribution in [0.5, 0.6) is 5.75 Å². The molecule has 5 atom stereocenters. The van der Waals surface area contributed by atoms with Gasteiger partial charge in [0.25, 0.3) is 0 Å². The number of benzene rings is 1. The van der Waals surface area contributed by atoms with Gasteiger partial charge in [-0.1, -0.05) is 12.1 Å². The maximum Gasteiger partial charge on any atom is 0.573 e. The van der Waals surface area contributed by atoms with Crippen molar-refractivity contribution in [1.29, 1.82) is 0 Å². The van der Waals surface area contributed by atoms with Crippen molar-refractivity contribution in [3.05, 3.63) is 29.8 Å². The summed E-state index contributed by atoms with van der Waals surface area (Å²) in [7, 11) is 0. The van der Waals surface area contributed by atoms with E-state index in [1.165, 1.54) is 12.1 Å². The summed E-state index contributed by atoms with van der Waals surface area (Å²) in [5, 5.41) is 14.2. The SMILES string of the molecule is O[C@H]1[C@H](NCc2ccc(OC(F)(F)F)cc2)[C@H]2CO[C@H](O2)[C@@H]1N1CCOCC1. The van der Waals surface area contributed by atoms with Crippen molar-refractivity contribution in [3.63, 3.8) is 0 Å². The lowest BCUT2D eigenvalue weighted by molar-refractivity contribution is -0.274. The fourth-order valence-electron chi connectivity index (χ4n) is 3.96. The predicted octanol–water partition coefficient (Wildman–Crippen LogP) is 0.860. The van der Waals surface area contributed by atoms with E-state index in [1.807, 2.05) is 0 Å². The molecule has 0 aromatic heterocycles. The Morgan fingerprint density at radius 3 is 2.57 bits per heavy atom. The van der Waals surface area contributed by atoms with Crippen molar-refractivity contribution in [1.82, 2.24) is 10.2 Å². The standard InChI is InChI=1S/C18H23F3N2O5/c19-18(20,21)28-12-3-1-11(2-4-12)9-22-14-13-10-26-17(27-13)15(16(14)24)23-5-7-25-8-6-23/h1-4,13-17,22,24H,5-10H2/t13-,14-,15-,16+,17-/m1/s1. The molecule has 156 valence electrons. The number of nitrogens with zero attached hydrogens (tertiary/aromatic N) is 1. The highest BCUT2D eigenvalue weighted by molar-refractivity contribution is 5.27.